The van der Waals surface area contributed by atoms with Crippen LogP contribution in [-0.2, 0) is 4.79 Å². The molecule has 0 spiro atoms. The molecule has 1 aliphatic rings. The molecule has 0 N–H and O–H groups in total. The first-order valence-electron chi connectivity index (χ1n) is 4.87. The summed E-state index contributed by atoms with van der Waals surface area (Å²) in [6.45, 7) is 1.67. The second-order valence-corrected chi connectivity index (χ2v) is 3.83. The molecule has 0 amide bonds. The van der Waals surface area contributed by atoms with Gasteiger partial charge in [0.05, 0.1) is 7.11 Å². The second kappa shape index (κ2) is 3.45. The molecule has 74 valence electrons. The van der Waals surface area contributed by atoms with Crippen molar-refractivity contribution in [3.05, 3.63) is 29.8 Å². The normalized spacial score (nSPS) is 24.4. The van der Waals surface area contributed by atoms with Crippen LogP contribution in [0.3, 0.4) is 0 Å². The van der Waals surface area contributed by atoms with Gasteiger partial charge in [-0.15, -0.1) is 0 Å². The van der Waals surface area contributed by atoms with E-state index in [1.807, 2.05) is 24.3 Å². The van der Waals surface area contributed by atoms with Gasteiger partial charge in [0.15, 0.2) is 0 Å². The summed E-state index contributed by atoms with van der Waals surface area (Å²) in [7, 11) is 1.66. The van der Waals surface area contributed by atoms with Crippen LogP contribution in [0.15, 0.2) is 24.3 Å². The van der Waals surface area contributed by atoms with Crippen molar-refractivity contribution in [2.75, 3.05) is 7.11 Å². The standard InChI is InChI=1S/C12H14O2/c1-8(13)11-7-12(11)9-3-5-10(14-2)6-4-9/h3-6,11-12H,7H2,1-2H3/t11-,12+/m0/s1. The average molecular weight is 190 g/mol. The molecule has 1 aromatic carbocycles. The Hall–Kier alpha value is -1.31. The number of Topliss-reactive ketones (excluding diaryl/α,β-unsaturated/α-hetero) is 1. The summed E-state index contributed by atoms with van der Waals surface area (Å²) in [5, 5.41) is 0. The molecule has 0 aromatic heterocycles. The molecule has 0 unspecified atom stereocenters. The van der Waals surface area contributed by atoms with Gasteiger partial charge in [0, 0.05) is 5.92 Å². The highest BCUT2D eigenvalue weighted by Crippen LogP contribution is 2.48. The first-order chi connectivity index (χ1) is 6.72. The third kappa shape index (κ3) is 1.65. The number of ether oxygens (including phenoxy) is 1. The van der Waals surface area contributed by atoms with E-state index in [2.05, 4.69) is 0 Å². The number of hydrogen-bond acceptors (Lipinski definition) is 2. The van der Waals surface area contributed by atoms with Gasteiger partial charge in [0.2, 0.25) is 0 Å². The van der Waals surface area contributed by atoms with Crippen LogP contribution in [0.25, 0.3) is 0 Å². The van der Waals surface area contributed by atoms with Crippen LogP contribution in [0.4, 0.5) is 0 Å². The minimum atomic E-state index is 0.267. The van der Waals surface area contributed by atoms with Crippen molar-refractivity contribution in [3.63, 3.8) is 0 Å². The number of hydrogen-bond donors (Lipinski definition) is 0. The number of carbonyl (C=O) groups excluding carboxylic acids is 1. The summed E-state index contributed by atoms with van der Waals surface area (Å²) in [5.41, 5.74) is 1.26. The van der Waals surface area contributed by atoms with Gasteiger partial charge in [-0.2, -0.15) is 0 Å². The lowest BCUT2D eigenvalue weighted by atomic mass is 10.1. The molecule has 1 aromatic rings. The molecule has 0 saturated heterocycles. The average Bonchev–Trinajstić information content (AvgIpc) is 2.97. The maximum atomic E-state index is 11.1. The largest absolute Gasteiger partial charge is 0.497 e. The van der Waals surface area contributed by atoms with Gasteiger partial charge < -0.3 is 4.74 Å². The summed E-state index contributed by atoms with van der Waals surface area (Å²) in [5.74, 6) is 1.90. The Labute approximate surface area is 83.9 Å². The molecule has 2 rings (SSSR count). The van der Waals surface area contributed by atoms with Gasteiger partial charge in [-0.1, -0.05) is 12.1 Å². The minimum Gasteiger partial charge on any atom is -0.497 e. The number of rotatable bonds is 3. The molecule has 1 fully saturated rings. The summed E-state index contributed by atoms with van der Waals surface area (Å²) >= 11 is 0. The Balaban J connectivity index is 2.08. The lowest BCUT2D eigenvalue weighted by molar-refractivity contribution is -0.118. The van der Waals surface area contributed by atoms with E-state index in [9.17, 15) is 4.79 Å². The van der Waals surface area contributed by atoms with Crippen LogP contribution in [-0.4, -0.2) is 12.9 Å². The van der Waals surface area contributed by atoms with E-state index >= 15 is 0 Å². The van der Waals surface area contributed by atoms with Gasteiger partial charge in [-0.3, -0.25) is 4.79 Å². The maximum Gasteiger partial charge on any atom is 0.133 e. The van der Waals surface area contributed by atoms with E-state index in [4.69, 9.17) is 4.74 Å². The number of ketones is 1. The molecule has 1 aliphatic carbocycles. The highest BCUT2D eigenvalue weighted by Gasteiger charge is 2.41. The Bertz CT molecular complexity index is 340. The minimum absolute atomic E-state index is 0.267. The van der Waals surface area contributed by atoms with Gasteiger partial charge in [-0.05, 0) is 37.0 Å². The van der Waals surface area contributed by atoms with Crippen molar-refractivity contribution in [2.24, 2.45) is 5.92 Å². The quantitative estimate of drug-likeness (QED) is 0.731. The SMILES string of the molecule is COc1ccc([C@H]2C[C@H]2C(C)=O)cc1. The third-order valence-corrected chi connectivity index (χ3v) is 2.86. The molecule has 0 radical (unpaired) electrons. The molecular formula is C12H14O2. The van der Waals surface area contributed by atoms with E-state index in [-0.39, 0.29) is 5.92 Å². The number of benzene rings is 1. The van der Waals surface area contributed by atoms with Crippen molar-refractivity contribution >= 4 is 5.78 Å². The van der Waals surface area contributed by atoms with Gasteiger partial charge in [0.1, 0.15) is 11.5 Å². The molecule has 0 heterocycles. The molecule has 0 aliphatic heterocycles. The predicted molar refractivity (Wildman–Crippen MR) is 54.5 cm³/mol. The van der Waals surface area contributed by atoms with Crippen molar-refractivity contribution in [1.29, 1.82) is 0 Å². The van der Waals surface area contributed by atoms with Crippen LogP contribution in [0.1, 0.15) is 24.8 Å². The fraction of sp³-hybridized carbons (Fsp3) is 0.417. The highest BCUT2D eigenvalue weighted by atomic mass is 16.5. The Morgan fingerprint density at radius 3 is 2.43 bits per heavy atom. The summed E-state index contributed by atoms with van der Waals surface area (Å²) in [4.78, 5) is 11.1. The second-order valence-electron chi connectivity index (χ2n) is 3.83. The lowest BCUT2D eigenvalue weighted by Crippen LogP contribution is -1.94. The monoisotopic (exact) mass is 190 g/mol. The Morgan fingerprint density at radius 2 is 2.00 bits per heavy atom. The number of methoxy groups -OCH3 is 1. The highest BCUT2D eigenvalue weighted by molar-refractivity contribution is 5.82. The lowest BCUT2D eigenvalue weighted by Gasteiger charge is -2.01. The molecule has 2 nitrogen and oxygen atoms in total. The van der Waals surface area contributed by atoms with Crippen LogP contribution in [0, 0.1) is 5.92 Å². The zero-order valence-corrected chi connectivity index (χ0v) is 8.49. The zero-order chi connectivity index (χ0) is 10.1. The topological polar surface area (TPSA) is 26.3 Å². The fourth-order valence-electron chi connectivity index (χ4n) is 1.86. The van der Waals surface area contributed by atoms with E-state index in [1.165, 1.54) is 5.56 Å². The van der Waals surface area contributed by atoms with Crippen molar-refractivity contribution in [3.8, 4) is 5.75 Å². The van der Waals surface area contributed by atoms with E-state index < -0.39 is 0 Å². The molecule has 2 heteroatoms. The first-order valence-corrected chi connectivity index (χ1v) is 4.87. The molecule has 0 bridgehead atoms. The van der Waals surface area contributed by atoms with Gasteiger partial charge in [-0.25, -0.2) is 0 Å². The van der Waals surface area contributed by atoms with Crippen LogP contribution in [0.5, 0.6) is 5.75 Å². The van der Waals surface area contributed by atoms with Gasteiger partial charge in [0.25, 0.3) is 0 Å². The smallest absolute Gasteiger partial charge is 0.133 e. The first kappa shape index (κ1) is 9.25. The van der Waals surface area contributed by atoms with Crippen LogP contribution in [0.2, 0.25) is 0 Å². The predicted octanol–water partition coefficient (Wildman–Crippen LogP) is 2.39. The van der Waals surface area contributed by atoms with Crippen LogP contribution >= 0.6 is 0 Å². The summed E-state index contributed by atoms with van der Waals surface area (Å²) in [6, 6.07) is 7.99. The molecule has 14 heavy (non-hydrogen) atoms. The van der Waals surface area contributed by atoms with E-state index in [0.717, 1.165) is 12.2 Å². The number of carbonyl (C=O) groups is 1. The molecular weight excluding hydrogens is 176 g/mol. The molecule has 1 saturated carbocycles. The van der Waals surface area contributed by atoms with E-state index in [1.54, 1.807) is 14.0 Å². The maximum absolute atomic E-state index is 11.1. The fourth-order valence-corrected chi connectivity index (χ4v) is 1.86. The van der Waals surface area contributed by atoms with E-state index in [0.29, 0.717) is 11.7 Å². The van der Waals surface area contributed by atoms with Gasteiger partial charge >= 0.3 is 0 Å². The third-order valence-electron chi connectivity index (χ3n) is 2.86. The summed E-state index contributed by atoms with van der Waals surface area (Å²) in [6.07, 6.45) is 1.02. The Kier molecular flexibility index (Phi) is 2.28. The zero-order valence-electron chi connectivity index (χ0n) is 8.49. The molecule has 2 atom stereocenters. The van der Waals surface area contributed by atoms with Crippen molar-refractivity contribution in [1.82, 2.24) is 0 Å². The van der Waals surface area contributed by atoms with Crippen LogP contribution < -0.4 is 4.74 Å². The van der Waals surface area contributed by atoms with Crippen molar-refractivity contribution < 1.29 is 9.53 Å². The van der Waals surface area contributed by atoms with Crippen molar-refractivity contribution in [2.45, 2.75) is 19.3 Å². The Morgan fingerprint density at radius 1 is 1.36 bits per heavy atom. The summed E-state index contributed by atoms with van der Waals surface area (Å²) < 4.78 is 5.08.